The average molecular weight is 284 g/mol. The van der Waals surface area contributed by atoms with Gasteiger partial charge < -0.3 is 14.3 Å². The van der Waals surface area contributed by atoms with Crippen LogP contribution in [0.4, 0.5) is 22.0 Å². The van der Waals surface area contributed by atoms with Crippen molar-refractivity contribution < 1.29 is 36.2 Å². The van der Waals surface area contributed by atoms with Crippen molar-refractivity contribution in [2.24, 2.45) is 0 Å². The number of hydrogen-bond acceptors (Lipinski definition) is 3. The van der Waals surface area contributed by atoms with E-state index in [-0.39, 0.29) is 18.4 Å². The Morgan fingerprint density at radius 1 is 1.26 bits per heavy atom. The molecule has 0 fully saturated rings. The molecule has 0 spiro atoms. The second kappa shape index (κ2) is 6.35. The minimum absolute atomic E-state index is 0.00384. The highest BCUT2D eigenvalue weighted by Crippen LogP contribution is 2.31. The highest BCUT2D eigenvalue weighted by Gasteiger charge is 2.32. The van der Waals surface area contributed by atoms with Crippen LogP contribution >= 0.6 is 0 Å². The lowest BCUT2D eigenvalue weighted by atomic mass is 10.1. The van der Waals surface area contributed by atoms with Gasteiger partial charge in [0.1, 0.15) is 17.8 Å². The summed E-state index contributed by atoms with van der Waals surface area (Å²) in [5, 5.41) is 0. The van der Waals surface area contributed by atoms with Gasteiger partial charge in [0, 0.05) is 12.5 Å². The van der Waals surface area contributed by atoms with Crippen LogP contribution in [0.3, 0.4) is 0 Å². The van der Waals surface area contributed by atoms with Gasteiger partial charge in [-0.3, -0.25) is 0 Å². The van der Waals surface area contributed by atoms with E-state index in [1.165, 1.54) is 0 Å². The molecule has 8 heteroatoms. The molecule has 0 saturated heterocycles. The molecule has 0 atom stereocenters. The van der Waals surface area contributed by atoms with Crippen LogP contribution in [-0.2, 0) is 11.2 Å². The molecule has 0 aliphatic heterocycles. The van der Waals surface area contributed by atoms with Crippen molar-refractivity contribution in [3.05, 3.63) is 23.8 Å². The summed E-state index contributed by atoms with van der Waals surface area (Å²) in [6, 6.07) is 2.93. The van der Waals surface area contributed by atoms with Crippen molar-refractivity contribution in [1.82, 2.24) is 0 Å². The number of hydrogen-bond donors (Lipinski definition) is 0. The molecule has 0 saturated carbocycles. The molecule has 1 aromatic rings. The van der Waals surface area contributed by atoms with E-state index in [4.69, 9.17) is 0 Å². The Morgan fingerprint density at radius 3 is 2.47 bits per heavy atom. The van der Waals surface area contributed by atoms with E-state index < -0.39 is 24.5 Å². The lowest BCUT2D eigenvalue weighted by Gasteiger charge is -2.14. The standard InChI is InChI=1S/C11H9F5O3/c12-10(13)18-8-4-3-7(2-1-5-17)9(6-8)19-11(14,15)16/h3-6,10H,1-2H2. The van der Waals surface area contributed by atoms with E-state index in [1.54, 1.807) is 0 Å². The Kier molecular flexibility index (Phi) is 5.08. The molecule has 0 N–H and O–H groups in total. The van der Waals surface area contributed by atoms with Crippen LogP contribution in [0.1, 0.15) is 12.0 Å². The molecule has 0 aliphatic rings. The lowest BCUT2D eigenvalue weighted by Crippen LogP contribution is -2.18. The highest BCUT2D eigenvalue weighted by molar-refractivity contribution is 5.51. The Morgan fingerprint density at radius 2 is 1.95 bits per heavy atom. The molecule has 106 valence electrons. The third-order valence-corrected chi connectivity index (χ3v) is 2.02. The molecule has 0 bridgehead atoms. The van der Waals surface area contributed by atoms with Crippen molar-refractivity contribution in [3.8, 4) is 11.5 Å². The molecule has 1 rings (SSSR count). The maximum absolute atomic E-state index is 12.2. The van der Waals surface area contributed by atoms with Crippen LogP contribution in [0.25, 0.3) is 0 Å². The topological polar surface area (TPSA) is 35.5 Å². The van der Waals surface area contributed by atoms with Crippen molar-refractivity contribution in [2.75, 3.05) is 0 Å². The van der Waals surface area contributed by atoms with E-state index in [9.17, 15) is 26.7 Å². The van der Waals surface area contributed by atoms with E-state index >= 15 is 0 Å². The third-order valence-electron chi connectivity index (χ3n) is 2.02. The predicted molar refractivity (Wildman–Crippen MR) is 54.1 cm³/mol. The monoisotopic (exact) mass is 284 g/mol. The zero-order chi connectivity index (χ0) is 14.5. The van der Waals surface area contributed by atoms with Crippen LogP contribution in [-0.4, -0.2) is 19.3 Å². The van der Waals surface area contributed by atoms with E-state index in [0.717, 1.165) is 12.1 Å². The fourth-order valence-corrected chi connectivity index (χ4v) is 1.35. The van der Waals surface area contributed by atoms with E-state index in [1.807, 2.05) is 0 Å². The molecule has 0 aliphatic carbocycles. The van der Waals surface area contributed by atoms with Gasteiger partial charge in [0.25, 0.3) is 0 Å². The van der Waals surface area contributed by atoms with Crippen LogP contribution in [0, 0.1) is 0 Å². The number of rotatable bonds is 6. The van der Waals surface area contributed by atoms with Crippen LogP contribution in [0.2, 0.25) is 0 Å². The first-order valence-corrected chi connectivity index (χ1v) is 5.09. The van der Waals surface area contributed by atoms with Gasteiger partial charge in [-0.05, 0) is 18.1 Å². The molecule has 0 heterocycles. The summed E-state index contributed by atoms with van der Waals surface area (Å²) >= 11 is 0. The van der Waals surface area contributed by atoms with Gasteiger partial charge in [-0.15, -0.1) is 13.2 Å². The Hall–Kier alpha value is -1.86. The number of aldehydes is 1. The molecular formula is C11H9F5O3. The first kappa shape index (κ1) is 15.2. The fourth-order valence-electron chi connectivity index (χ4n) is 1.35. The molecule has 0 unspecified atom stereocenters. The van der Waals surface area contributed by atoms with E-state index in [2.05, 4.69) is 9.47 Å². The second-order valence-electron chi connectivity index (χ2n) is 3.40. The minimum atomic E-state index is -4.96. The lowest BCUT2D eigenvalue weighted by molar-refractivity contribution is -0.274. The first-order chi connectivity index (χ1) is 8.81. The molecule has 0 amide bonds. The van der Waals surface area contributed by atoms with Crippen LogP contribution in [0.15, 0.2) is 18.2 Å². The van der Waals surface area contributed by atoms with E-state index in [0.29, 0.717) is 12.4 Å². The molecule has 19 heavy (non-hydrogen) atoms. The molecule has 1 aromatic carbocycles. The summed E-state index contributed by atoms with van der Waals surface area (Å²) in [5.41, 5.74) is 0.0750. The van der Waals surface area contributed by atoms with Gasteiger partial charge in [-0.2, -0.15) is 8.78 Å². The van der Waals surface area contributed by atoms with Crippen LogP contribution < -0.4 is 9.47 Å². The van der Waals surface area contributed by atoms with Crippen molar-refractivity contribution >= 4 is 6.29 Å². The predicted octanol–water partition coefficient (Wildman–Crippen LogP) is 3.32. The van der Waals surface area contributed by atoms with Crippen molar-refractivity contribution in [1.29, 1.82) is 0 Å². The van der Waals surface area contributed by atoms with Crippen molar-refractivity contribution in [2.45, 2.75) is 25.8 Å². The van der Waals surface area contributed by atoms with Gasteiger partial charge in [0.2, 0.25) is 0 Å². The summed E-state index contributed by atoms with van der Waals surface area (Å²) in [4.78, 5) is 10.2. The molecular weight excluding hydrogens is 275 g/mol. The summed E-state index contributed by atoms with van der Waals surface area (Å²) in [6.07, 6.45) is -4.44. The third kappa shape index (κ3) is 5.54. The Bertz CT molecular complexity index is 431. The highest BCUT2D eigenvalue weighted by atomic mass is 19.4. The second-order valence-corrected chi connectivity index (χ2v) is 3.40. The smallest absolute Gasteiger partial charge is 0.435 e. The molecule has 0 radical (unpaired) electrons. The van der Waals surface area contributed by atoms with Crippen molar-refractivity contribution in [3.63, 3.8) is 0 Å². The number of aryl methyl sites for hydroxylation is 1. The normalized spacial score (nSPS) is 11.5. The summed E-state index contributed by atoms with van der Waals surface area (Å²) in [6.45, 7) is -3.15. The number of carbonyl (C=O) groups is 1. The Labute approximate surface area is 104 Å². The fraction of sp³-hybridized carbons (Fsp3) is 0.364. The number of alkyl halides is 5. The SMILES string of the molecule is O=CCCc1ccc(OC(F)F)cc1OC(F)(F)F. The van der Waals surface area contributed by atoms with Crippen LogP contribution in [0.5, 0.6) is 11.5 Å². The summed E-state index contributed by atoms with van der Waals surface area (Å²) in [5.74, 6) is -1.11. The number of ether oxygens (including phenoxy) is 2. The molecule has 0 aromatic heterocycles. The zero-order valence-corrected chi connectivity index (χ0v) is 9.42. The zero-order valence-electron chi connectivity index (χ0n) is 9.42. The van der Waals surface area contributed by atoms with Gasteiger partial charge in [0.15, 0.2) is 0 Å². The van der Waals surface area contributed by atoms with Gasteiger partial charge >= 0.3 is 13.0 Å². The number of carbonyl (C=O) groups excluding carboxylic acids is 1. The minimum Gasteiger partial charge on any atom is -0.435 e. The maximum atomic E-state index is 12.2. The van der Waals surface area contributed by atoms with Gasteiger partial charge in [0.05, 0.1) is 0 Å². The summed E-state index contributed by atoms with van der Waals surface area (Å²) < 4.78 is 68.1. The number of halogens is 5. The Balaban J connectivity index is 2.99. The first-order valence-electron chi connectivity index (χ1n) is 5.09. The quantitative estimate of drug-likeness (QED) is 0.594. The number of benzene rings is 1. The largest absolute Gasteiger partial charge is 0.573 e. The van der Waals surface area contributed by atoms with Gasteiger partial charge in [-0.25, -0.2) is 0 Å². The summed E-state index contributed by atoms with van der Waals surface area (Å²) in [7, 11) is 0. The molecule has 3 nitrogen and oxygen atoms in total. The maximum Gasteiger partial charge on any atom is 0.573 e. The van der Waals surface area contributed by atoms with Gasteiger partial charge in [-0.1, -0.05) is 6.07 Å². The average Bonchev–Trinajstić information content (AvgIpc) is 2.25.